The number of rotatable bonds is 4. The van der Waals surface area contributed by atoms with E-state index in [9.17, 15) is 30.4 Å². The summed E-state index contributed by atoms with van der Waals surface area (Å²) in [7, 11) is -3.93. The summed E-state index contributed by atoms with van der Waals surface area (Å²) in [5.41, 5.74) is 4.54. The van der Waals surface area contributed by atoms with E-state index in [0.717, 1.165) is 12.1 Å². The standard InChI is InChI=1S/C19H14F5N3O5S/c1-19(2)5-12(27-32-19)33(28,29)6-9-7-3-8(25)11(4-10(7)31-26-9)30-18-16(23)14(21)13(20)15(22)17(18)24/h3-4H,5-6,25H2,1-2H3. The minimum absolute atomic E-state index is 0.0488. The van der Waals surface area contributed by atoms with Crippen LogP contribution in [0.1, 0.15) is 26.0 Å². The van der Waals surface area contributed by atoms with Gasteiger partial charge in [0.05, 0.1) is 5.69 Å². The van der Waals surface area contributed by atoms with Crippen molar-refractivity contribution in [3.63, 3.8) is 0 Å². The molecule has 0 spiro atoms. The van der Waals surface area contributed by atoms with Crippen molar-refractivity contribution in [1.29, 1.82) is 0 Å². The van der Waals surface area contributed by atoms with Gasteiger partial charge in [0.25, 0.3) is 0 Å². The molecule has 1 aliphatic rings. The Hall–Kier alpha value is -3.42. The first-order chi connectivity index (χ1) is 15.3. The van der Waals surface area contributed by atoms with Crippen molar-refractivity contribution in [3.05, 3.63) is 46.9 Å². The van der Waals surface area contributed by atoms with Gasteiger partial charge in [-0.25, -0.2) is 21.6 Å². The van der Waals surface area contributed by atoms with Crippen LogP contribution in [0.3, 0.4) is 0 Å². The summed E-state index contributed by atoms with van der Waals surface area (Å²) in [4.78, 5) is 5.07. The number of anilines is 1. The van der Waals surface area contributed by atoms with Gasteiger partial charge in [0.15, 0.2) is 16.4 Å². The zero-order valence-corrected chi connectivity index (χ0v) is 17.7. The van der Waals surface area contributed by atoms with Crippen LogP contribution >= 0.6 is 0 Å². The molecule has 176 valence electrons. The summed E-state index contributed by atoms with van der Waals surface area (Å²) < 4.78 is 103. The van der Waals surface area contributed by atoms with E-state index in [1.807, 2.05) is 0 Å². The minimum atomic E-state index is -3.93. The molecule has 14 heteroatoms. The Morgan fingerprint density at radius 2 is 1.67 bits per heavy atom. The fourth-order valence-corrected chi connectivity index (χ4v) is 4.50. The third kappa shape index (κ3) is 3.94. The van der Waals surface area contributed by atoms with Crippen molar-refractivity contribution in [3.8, 4) is 11.5 Å². The number of nitrogen functional groups attached to an aromatic ring is 1. The molecule has 1 aliphatic heterocycles. The van der Waals surface area contributed by atoms with Crippen LogP contribution in [0.25, 0.3) is 11.0 Å². The number of ether oxygens (including phenoxy) is 1. The second kappa shape index (κ2) is 7.57. The van der Waals surface area contributed by atoms with Crippen LogP contribution < -0.4 is 10.5 Å². The Labute approximate surface area is 182 Å². The molecule has 0 saturated carbocycles. The fraction of sp³-hybridized carbons (Fsp3) is 0.263. The van der Waals surface area contributed by atoms with Gasteiger partial charge in [-0.1, -0.05) is 10.3 Å². The molecule has 0 bridgehead atoms. The van der Waals surface area contributed by atoms with E-state index in [0.29, 0.717) is 0 Å². The molecule has 0 fully saturated rings. The number of fused-ring (bicyclic) bond motifs is 1. The maximum atomic E-state index is 13.9. The predicted molar refractivity (Wildman–Crippen MR) is 105 cm³/mol. The van der Waals surface area contributed by atoms with Gasteiger partial charge in [0, 0.05) is 17.9 Å². The zero-order valence-electron chi connectivity index (χ0n) is 16.9. The van der Waals surface area contributed by atoms with E-state index in [2.05, 4.69) is 10.3 Å². The molecule has 2 heterocycles. The second-order valence-electron chi connectivity index (χ2n) is 7.79. The van der Waals surface area contributed by atoms with Gasteiger partial charge in [0.2, 0.25) is 44.7 Å². The van der Waals surface area contributed by atoms with Crippen LogP contribution in [0.4, 0.5) is 27.6 Å². The Balaban J connectivity index is 1.68. The van der Waals surface area contributed by atoms with Gasteiger partial charge in [-0.2, -0.15) is 8.78 Å². The third-order valence-electron chi connectivity index (χ3n) is 4.72. The fourth-order valence-electron chi connectivity index (χ4n) is 3.04. The number of nitrogens with zero attached hydrogens (tertiary/aromatic N) is 2. The quantitative estimate of drug-likeness (QED) is 0.250. The number of hydrogen-bond donors (Lipinski definition) is 1. The highest BCUT2D eigenvalue weighted by atomic mass is 32.2. The number of hydrogen-bond acceptors (Lipinski definition) is 8. The van der Waals surface area contributed by atoms with Crippen LogP contribution in [0, 0.1) is 29.1 Å². The predicted octanol–water partition coefficient (Wildman–Crippen LogP) is 4.33. The normalized spacial score (nSPS) is 15.5. The molecule has 0 amide bonds. The molecule has 0 saturated heterocycles. The van der Waals surface area contributed by atoms with Crippen LogP contribution in [-0.4, -0.2) is 24.2 Å². The molecule has 4 rings (SSSR count). The van der Waals surface area contributed by atoms with Crippen molar-refractivity contribution in [2.24, 2.45) is 5.16 Å². The summed E-state index contributed by atoms with van der Waals surface area (Å²) in [5.74, 6) is -13.8. The van der Waals surface area contributed by atoms with Gasteiger partial charge >= 0.3 is 0 Å². The molecule has 3 aromatic rings. The van der Waals surface area contributed by atoms with Gasteiger partial charge in [-0.15, -0.1) is 0 Å². The van der Waals surface area contributed by atoms with Gasteiger partial charge in [-0.05, 0) is 19.9 Å². The topological polar surface area (TPSA) is 117 Å². The molecule has 8 nitrogen and oxygen atoms in total. The van der Waals surface area contributed by atoms with Gasteiger partial charge in [-0.3, -0.25) is 0 Å². The molecule has 33 heavy (non-hydrogen) atoms. The zero-order chi connectivity index (χ0) is 24.3. The smallest absolute Gasteiger partial charge is 0.207 e. The lowest BCUT2D eigenvalue weighted by Gasteiger charge is -2.13. The van der Waals surface area contributed by atoms with Crippen LogP contribution in [-0.2, 0) is 20.4 Å². The van der Waals surface area contributed by atoms with Crippen molar-refractivity contribution in [2.45, 2.75) is 31.6 Å². The molecule has 0 aliphatic carbocycles. The lowest BCUT2D eigenvalue weighted by molar-refractivity contribution is 0.0123. The molecule has 2 N–H and O–H groups in total. The highest BCUT2D eigenvalue weighted by Crippen LogP contribution is 2.38. The van der Waals surface area contributed by atoms with Crippen molar-refractivity contribution in [2.75, 3.05) is 5.73 Å². The Morgan fingerprint density at radius 1 is 1.06 bits per heavy atom. The van der Waals surface area contributed by atoms with Crippen LogP contribution in [0.15, 0.2) is 21.8 Å². The van der Waals surface area contributed by atoms with Gasteiger partial charge in [0.1, 0.15) is 17.0 Å². The highest BCUT2D eigenvalue weighted by Gasteiger charge is 2.37. The van der Waals surface area contributed by atoms with E-state index in [1.54, 1.807) is 13.8 Å². The highest BCUT2D eigenvalue weighted by molar-refractivity contribution is 8.05. The molecule has 2 aromatic carbocycles. The van der Waals surface area contributed by atoms with Crippen LogP contribution in [0.5, 0.6) is 11.5 Å². The van der Waals surface area contributed by atoms with Crippen molar-refractivity contribution < 1.29 is 44.5 Å². The van der Waals surface area contributed by atoms with Gasteiger partial charge < -0.3 is 19.8 Å². The number of oxime groups is 1. The second-order valence-corrected chi connectivity index (χ2v) is 9.78. The first kappa shape index (κ1) is 22.8. The maximum Gasteiger partial charge on any atom is 0.207 e. The largest absolute Gasteiger partial charge is 0.449 e. The summed E-state index contributed by atoms with van der Waals surface area (Å²) in [6.45, 7) is 3.33. The number of sulfone groups is 1. The number of benzene rings is 2. The van der Waals surface area contributed by atoms with Crippen molar-refractivity contribution >= 4 is 31.5 Å². The average Bonchev–Trinajstić information content (AvgIpc) is 3.30. The Bertz CT molecular complexity index is 1410. The monoisotopic (exact) mass is 491 g/mol. The lowest BCUT2D eigenvalue weighted by Crippen LogP contribution is -2.23. The summed E-state index contributed by atoms with van der Waals surface area (Å²) in [6, 6.07) is 2.11. The number of halogens is 5. The minimum Gasteiger partial charge on any atom is -0.449 e. The molecule has 0 atom stereocenters. The van der Waals surface area contributed by atoms with E-state index >= 15 is 0 Å². The first-order valence-electron chi connectivity index (χ1n) is 9.15. The first-order valence-corrected chi connectivity index (χ1v) is 10.8. The van der Waals surface area contributed by atoms with Crippen LogP contribution in [0.2, 0.25) is 0 Å². The Morgan fingerprint density at radius 3 is 2.24 bits per heavy atom. The van der Waals surface area contributed by atoms with E-state index in [4.69, 9.17) is 19.8 Å². The number of aromatic nitrogens is 1. The van der Waals surface area contributed by atoms with E-state index in [-0.39, 0.29) is 33.8 Å². The number of nitrogens with two attached hydrogens (primary N) is 1. The van der Waals surface area contributed by atoms with Crippen molar-refractivity contribution in [1.82, 2.24) is 5.16 Å². The molecular formula is C19H14F5N3O5S. The Kier molecular flexibility index (Phi) is 5.22. The molecule has 0 radical (unpaired) electrons. The third-order valence-corrected chi connectivity index (χ3v) is 6.31. The molecule has 0 unspecified atom stereocenters. The van der Waals surface area contributed by atoms with E-state index in [1.165, 1.54) is 0 Å². The summed E-state index contributed by atoms with van der Waals surface area (Å²) in [5, 5.41) is 7.22. The SMILES string of the molecule is CC1(C)CC(S(=O)(=O)Cc2noc3cc(Oc4c(F)c(F)c(F)c(F)c4F)c(N)cc23)=NO1. The maximum absolute atomic E-state index is 13.9. The van der Waals surface area contributed by atoms with E-state index < -0.39 is 61.8 Å². The summed E-state index contributed by atoms with van der Waals surface area (Å²) >= 11 is 0. The molecular weight excluding hydrogens is 477 g/mol. The lowest BCUT2D eigenvalue weighted by atomic mass is 10.1. The molecule has 1 aromatic heterocycles. The average molecular weight is 491 g/mol. The summed E-state index contributed by atoms with van der Waals surface area (Å²) in [6.07, 6.45) is 0.0488.